The summed E-state index contributed by atoms with van der Waals surface area (Å²) in [7, 11) is 0. The molecule has 1 amide bonds. The zero-order valence-corrected chi connectivity index (χ0v) is 13.2. The van der Waals surface area contributed by atoms with Gasteiger partial charge < -0.3 is 10.6 Å². The van der Waals surface area contributed by atoms with Gasteiger partial charge in [-0.15, -0.1) is 0 Å². The summed E-state index contributed by atoms with van der Waals surface area (Å²) in [6.07, 6.45) is 2.06. The molecule has 1 aliphatic rings. The van der Waals surface area contributed by atoms with Gasteiger partial charge in [-0.05, 0) is 48.7 Å². The molecule has 108 valence electrons. The van der Waals surface area contributed by atoms with Crippen LogP contribution in [0, 0.1) is 0 Å². The number of carbonyl (C=O) groups excluding carboxylic acids is 1. The monoisotopic (exact) mass is 344 g/mol. The number of aryl methyl sites for hydroxylation is 1. The maximum absolute atomic E-state index is 12.0. The van der Waals surface area contributed by atoms with Gasteiger partial charge in [0, 0.05) is 28.3 Å². The largest absolute Gasteiger partial charge is 0.380 e. The maximum atomic E-state index is 12.0. The van der Waals surface area contributed by atoms with Crippen LogP contribution >= 0.6 is 15.9 Å². The molecular weight excluding hydrogens is 328 g/mol. The lowest BCUT2D eigenvalue weighted by molar-refractivity contribution is 0.0951. The average Bonchev–Trinajstić information content (AvgIpc) is 2.53. The summed E-state index contributed by atoms with van der Waals surface area (Å²) in [5.74, 6) is -0.0148. The molecule has 0 aliphatic carbocycles. The molecule has 0 aromatic heterocycles. The summed E-state index contributed by atoms with van der Waals surface area (Å²) in [5.41, 5.74) is 3.20. The van der Waals surface area contributed by atoms with Crippen molar-refractivity contribution in [3.8, 4) is 0 Å². The predicted octanol–water partition coefficient (Wildman–Crippen LogP) is 3.61. The fraction of sp³-hybridized carbons (Fsp3) is 0.235. The first kappa shape index (κ1) is 14.1. The minimum absolute atomic E-state index is 0.0148. The van der Waals surface area contributed by atoms with Crippen molar-refractivity contribution >= 4 is 27.5 Å². The summed E-state index contributed by atoms with van der Waals surface area (Å²) >= 11 is 3.50. The molecule has 0 fully saturated rings. The zero-order valence-electron chi connectivity index (χ0n) is 11.6. The van der Waals surface area contributed by atoms with E-state index in [2.05, 4.69) is 38.7 Å². The Kier molecular flexibility index (Phi) is 4.25. The van der Waals surface area contributed by atoms with Gasteiger partial charge in [-0.2, -0.15) is 0 Å². The molecular formula is C17H17BrN2O. The van der Waals surface area contributed by atoms with Gasteiger partial charge in [-0.25, -0.2) is 0 Å². The first-order chi connectivity index (χ1) is 10.2. The van der Waals surface area contributed by atoms with E-state index in [0.29, 0.717) is 12.1 Å². The summed E-state index contributed by atoms with van der Waals surface area (Å²) in [4.78, 5) is 12.0. The molecule has 0 bridgehead atoms. The summed E-state index contributed by atoms with van der Waals surface area (Å²) in [6, 6.07) is 15.9. The molecule has 0 saturated heterocycles. The van der Waals surface area contributed by atoms with E-state index in [-0.39, 0.29) is 11.9 Å². The van der Waals surface area contributed by atoms with E-state index in [4.69, 9.17) is 0 Å². The number of carbonyl (C=O) groups is 1. The fourth-order valence-electron chi connectivity index (χ4n) is 2.59. The smallest absolute Gasteiger partial charge is 0.251 e. The lowest BCUT2D eigenvalue weighted by atomic mass is 9.98. The van der Waals surface area contributed by atoms with Gasteiger partial charge in [0.15, 0.2) is 0 Å². The van der Waals surface area contributed by atoms with Crippen LogP contribution in [0.4, 0.5) is 5.69 Å². The third-order valence-electron chi connectivity index (χ3n) is 3.73. The fourth-order valence-corrected chi connectivity index (χ4v) is 3.00. The molecule has 2 aromatic carbocycles. The molecule has 0 saturated carbocycles. The Hall–Kier alpha value is -1.81. The molecule has 1 aliphatic heterocycles. The Morgan fingerprint density at radius 2 is 2.05 bits per heavy atom. The molecule has 0 radical (unpaired) electrons. The molecule has 1 atom stereocenters. The van der Waals surface area contributed by atoms with Crippen molar-refractivity contribution in [3.63, 3.8) is 0 Å². The van der Waals surface area contributed by atoms with E-state index in [9.17, 15) is 4.79 Å². The Balaban J connectivity index is 1.58. The molecule has 1 heterocycles. The highest BCUT2D eigenvalue weighted by molar-refractivity contribution is 9.10. The minimum atomic E-state index is -0.0148. The number of hydrogen-bond acceptors (Lipinski definition) is 2. The summed E-state index contributed by atoms with van der Waals surface area (Å²) in [5, 5.41) is 6.50. The van der Waals surface area contributed by atoms with Crippen molar-refractivity contribution in [2.45, 2.75) is 18.9 Å². The Morgan fingerprint density at radius 1 is 1.24 bits per heavy atom. The minimum Gasteiger partial charge on any atom is -0.380 e. The van der Waals surface area contributed by atoms with Crippen molar-refractivity contribution in [1.82, 2.24) is 5.32 Å². The molecule has 3 rings (SSSR count). The molecule has 2 aromatic rings. The van der Waals surface area contributed by atoms with Crippen molar-refractivity contribution < 1.29 is 4.79 Å². The van der Waals surface area contributed by atoms with Gasteiger partial charge in [0.1, 0.15) is 0 Å². The second kappa shape index (κ2) is 6.31. The van der Waals surface area contributed by atoms with Crippen molar-refractivity contribution in [2.75, 3.05) is 11.9 Å². The SMILES string of the molecule is O=C(NCC1CCc2cc(Br)ccc2N1)c1ccccc1. The van der Waals surface area contributed by atoms with Gasteiger partial charge in [0.2, 0.25) is 0 Å². The van der Waals surface area contributed by atoms with Gasteiger partial charge in [-0.1, -0.05) is 34.1 Å². The number of anilines is 1. The first-order valence-electron chi connectivity index (χ1n) is 7.10. The Bertz CT molecular complexity index is 642. The number of halogens is 1. The van der Waals surface area contributed by atoms with Gasteiger partial charge in [0.05, 0.1) is 0 Å². The second-order valence-corrected chi connectivity index (χ2v) is 6.17. The maximum Gasteiger partial charge on any atom is 0.251 e. The quantitative estimate of drug-likeness (QED) is 0.892. The van der Waals surface area contributed by atoms with E-state index in [0.717, 1.165) is 17.3 Å². The van der Waals surface area contributed by atoms with Crippen LogP contribution in [0.5, 0.6) is 0 Å². The zero-order chi connectivity index (χ0) is 14.7. The van der Waals surface area contributed by atoms with Crippen LogP contribution in [0.2, 0.25) is 0 Å². The Labute approximate surface area is 132 Å². The molecule has 2 N–H and O–H groups in total. The molecule has 3 nitrogen and oxygen atoms in total. The van der Waals surface area contributed by atoms with Gasteiger partial charge in [-0.3, -0.25) is 4.79 Å². The first-order valence-corrected chi connectivity index (χ1v) is 7.90. The van der Waals surface area contributed by atoms with E-state index in [1.807, 2.05) is 36.4 Å². The normalized spacial score (nSPS) is 16.7. The highest BCUT2D eigenvalue weighted by Gasteiger charge is 2.18. The van der Waals surface area contributed by atoms with E-state index in [1.54, 1.807) is 0 Å². The van der Waals surface area contributed by atoms with E-state index >= 15 is 0 Å². The number of amides is 1. The van der Waals surface area contributed by atoms with Crippen LogP contribution in [0.1, 0.15) is 22.3 Å². The lowest BCUT2D eigenvalue weighted by Gasteiger charge is -2.27. The van der Waals surface area contributed by atoms with Crippen LogP contribution in [0.3, 0.4) is 0 Å². The van der Waals surface area contributed by atoms with Crippen LogP contribution in [0.25, 0.3) is 0 Å². The molecule has 21 heavy (non-hydrogen) atoms. The van der Waals surface area contributed by atoms with Crippen LogP contribution in [-0.2, 0) is 6.42 Å². The van der Waals surface area contributed by atoms with E-state index < -0.39 is 0 Å². The number of rotatable bonds is 3. The van der Waals surface area contributed by atoms with Crippen molar-refractivity contribution in [1.29, 1.82) is 0 Å². The molecule has 4 heteroatoms. The topological polar surface area (TPSA) is 41.1 Å². The lowest BCUT2D eigenvalue weighted by Crippen LogP contribution is -2.38. The van der Waals surface area contributed by atoms with Crippen LogP contribution < -0.4 is 10.6 Å². The standard InChI is InChI=1S/C17H17BrN2O/c18-14-7-9-16-13(10-14)6-8-15(20-16)11-19-17(21)12-4-2-1-3-5-12/h1-5,7,9-10,15,20H,6,8,11H2,(H,19,21). The third-order valence-corrected chi connectivity index (χ3v) is 4.23. The highest BCUT2D eigenvalue weighted by atomic mass is 79.9. The third kappa shape index (κ3) is 3.45. The van der Waals surface area contributed by atoms with Crippen molar-refractivity contribution in [3.05, 3.63) is 64.1 Å². The average molecular weight is 345 g/mol. The number of nitrogens with one attached hydrogen (secondary N) is 2. The highest BCUT2D eigenvalue weighted by Crippen LogP contribution is 2.27. The van der Waals surface area contributed by atoms with Gasteiger partial charge in [0.25, 0.3) is 5.91 Å². The number of fused-ring (bicyclic) bond motifs is 1. The molecule has 0 spiro atoms. The second-order valence-electron chi connectivity index (χ2n) is 5.26. The Morgan fingerprint density at radius 3 is 2.86 bits per heavy atom. The van der Waals surface area contributed by atoms with Gasteiger partial charge >= 0.3 is 0 Å². The summed E-state index contributed by atoms with van der Waals surface area (Å²) in [6.45, 7) is 0.642. The summed E-state index contributed by atoms with van der Waals surface area (Å²) < 4.78 is 1.11. The molecule has 1 unspecified atom stereocenters. The van der Waals surface area contributed by atoms with Crippen molar-refractivity contribution in [2.24, 2.45) is 0 Å². The number of benzene rings is 2. The predicted molar refractivity (Wildman–Crippen MR) is 88.6 cm³/mol. The van der Waals surface area contributed by atoms with Crippen LogP contribution in [-0.4, -0.2) is 18.5 Å². The van der Waals surface area contributed by atoms with E-state index in [1.165, 1.54) is 11.3 Å². The van der Waals surface area contributed by atoms with Crippen LogP contribution in [0.15, 0.2) is 53.0 Å². The number of hydrogen-bond donors (Lipinski definition) is 2.